The number of hydrogen-bond donors (Lipinski definition) is 1. The number of carbonyl (C=O) groups excluding carboxylic acids is 2. The molecule has 1 spiro atoms. The molecule has 2 aromatic heterocycles. The van der Waals surface area contributed by atoms with Gasteiger partial charge in [0.05, 0.1) is 54.0 Å². The number of aromatic nitrogens is 3. The Balaban J connectivity index is 1.05. The molecule has 8 rings (SSSR count). The van der Waals surface area contributed by atoms with Crippen LogP contribution < -0.4 is 19.5 Å². The number of pyridine rings is 1. The summed E-state index contributed by atoms with van der Waals surface area (Å²) in [5, 5.41) is 3.45. The zero-order valence-corrected chi connectivity index (χ0v) is 30.0. The number of nitrogens with zero attached hydrogens (tertiary/aromatic N) is 6. The summed E-state index contributed by atoms with van der Waals surface area (Å²) in [5.41, 5.74) is 3.85. The quantitative estimate of drug-likeness (QED) is 0.272. The van der Waals surface area contributed by atoms with Crippen LogP contribution in [0.4, 0.5) is 4.39 Å². The number of fused-ring (bicyclic) bond motifs is 1. The number of amides is 2. The average molecular weight is 728 g/mol. The normalized spacial score (nSPS) is 19.6. The molecule has 0 saturated carbocycles. The summed E-state index contributed by atoms with van der Waals surface area (Å²) in [5.74, 6) is 1.04. The van der Waals surface area contributed by atoms with Gasteiger partial charge in [-0.25, -0.2) is 14.4 Å². The second-order valence-corrected chi connectivity index (χ2v) is 14.2. The first-order chi connectivity index (χ1) is 25.2. The molecular weight excluding hydrogens is 689 g/mol. The largest absolute Gasteiger partial charge is 0.491 e. The fourth-order valence-electron chi connectivity index (χ4n) is 7.84. The molecule has 4 aliphatic rings. The zero-order valence-electron chi connectivity index (χ0n) is 29.2. The van der Waals surface area contributed by atoms with Gasteiger partial charge >= 0.3 is 0 Å². The Morgan fingerprint density at radius 1 is 1.00 bits per heavy atom. The van der Waals surface area contributed by atoms with Crippen molar-refractivity contribution in [3.63, 3.8) is 0 Å². The number of methoxy groups -OCH3 is 2. The van der Waals surface area contributed by atoms with Gasteiger partial charge in [-0.05, 0) is 12.5 Å². The summed E-state index contributed by atoms with van der Waals surface area (Å²) in [6, 6.07) is 12.2. The van der Waals surface area contributed by atoms with Gasteiger partial charge in [0.15, 0.2) is 0 Å². The Bertz CT molecular complexity index is 2070. The van der Waals surface area contributed by atoms with Crippen molar-refractivity contribution in [3.05, 3.63) is 70.8 Å². The third kappa shape index (κ3) is 6.10. The molecular formula is C38H39ClFN7O5. The fraction of sp³-hybridized carbons (Fsp3) is 0.395. The highest BCUT2D eigenvalue weighted by atomic mass is 35.5. The smallest absolute Gasteiger partial charge is 0.237 e. The van der Waals surface area contributed by atoms with Crippen LogP contribution in [0.25, 0.3) is 33.6 Å². The van der Waals surface area contributed by atoms with E-state index in [0.717, 1.165) is 38.2 Å². The molecule has 2 amide bonds. The molecule has 6 heterocycles. The van der Waals surface area contributed by atoms with Gasteiger partial charge in [-0.2, -0.15) is 0 Å². The fourth-order valence-corrected chi connectivity index (χ4v) is 8.16. The Morgan fingerprint density at radius 2 is 1.69 bits per heavy atom. The monoisotopic (exact) mass is 727 g/mol. The molecule has 1 N–H and O–H groups in total. The highest BCUT2D eigenvalue weighted by Gasteiger charge is 2.51. The van der Waals surface area contributed by atoms with Crippen molar-refractivity contribution >= 4 is 23.4 Å². The molecule has 3 fully saturated rings. The molecule has 0 aliphatic carbocycles. The van der Waals surface area contributed by atoms with E-state index in [4.69, 9.17) is 35.8 Å². The van der Waals surface area contributed by atoms with Crippen LogP contribution in [0.15, 0.2) is 48.7 Å². The van der Waals surface area contributed by atoms with Crippen LogP contribution in [-0.4, -0.2) is 107 Å². The Morgan fingerprint density at radius 3 is 2.38 bits per heavy atom. The summed E-state index contributed by atoms with van der Waals surface area (Å²) in [6.07, 6.45) is 3.04. The molecule has 2 aromatic carbocycles. The molecule has 4 aliphatic heterocycles. The number of halogens is 2. The van der Waals surface area contributed by atoms with Gasteiger partial charge in [0.2, 0.25) is 23.6 Å². The molecule has 270 valence electrons. The van der Waals surface area contributed by atoms with Crippen LogP contribution in [0, 0.1) is 5.82 Å². The first-order valence-corrected chi connectivity index (χ1v) is 17.8. The van der Waals surface area contributed by atoms with Gasteiger partial charge in [0.25, 0.3) is 0 Å². The van der Waals surface area contributed by atoms with Gasteiger partial charge in [-0.3, -0.25) is 24.4 Å². The second kappa shape index (κ2) is 13.6. The van der Waals surface area contributed by atoms with Crippen molar-refractivity contribution < 1.29 is 28.2 Å². The Kier molecular flexibility index (Phi) is 8.96. The van der Waals surface area contributed by atoms with Gasteiger partial charge in [0.1, 0.15) is 23.9 Å². The predicted molar refractivity (Wildman–Crippen MR) is 192 cm³/mol. The third-order valence-corrected chi connectivity index (χ3v) is 11.0. The van der Waals surface area contributed by atoms with E-state index in [9.17, 15) is 9.59 Å². The lowest BCUT2D eigenvalue weighted by molar-refractivity contribution is -0.130. The summed E-state index contributed by atoms with van der Waals surface area (Å²) in [6.45, 7) is 6.78. The van der Waals surface area contributed by atoms with Crippen LogP contribution in [0.3, 0.4) is 0 Å². The predicted octanol–water partition coefficient (Wildman–Crippen LogP) is 4.74. The van der Waals surface area contributed by atoms with Crippen LogP contribution in [0.2, 0.25) is 5.02 Å². The molecule has 0 bridgehead atoms. The highest BCUT2D eigenvalue weighted by molar-refractivity contribution is 6.36. The van der Waals surface area contributed by atoms with E-state index < -0.39 is 5.82 Å². The van der Waals surface area contributed by atoms with E-state index >= 15 is 4.39 Å². The minimum absolute atomic E-state index is 0.0772. The SMILES string of the molecule is COc1nc(-c2cccc(-c3cccc(-c4cc5c(c(OC)n4)[C@@H](N4CC6(CCC(=O)N6)C4)CO5)c3F)c2Cl)cnc1CN1CCN(C(C)=O)CC1. The molecule has 12 nitrogen and oxygen atoms in total. The van der Waals surface area contributed by atoms with E-state index in [-0.39, 0.29) is 29.0 Å². The average Bonchev–Trinajstić information content (AvgIpc) is 3.75. The van der Waals surface area contributed by atoms with Gasteiger partial charge in [0, 0.05) is 87.5 Å². The minimum atomic E-state index is -0.490. The molecule has 1 atom stereocenters. The number of rotatable bonds is 8. The number of carbonyl (C=O) groups is 2. The summed E-state index contributed by atoms with van der Waals surface area (Å²) >= 11 is 7.02. The first-order valence-electron chi connectivity index (χ1n) is 17.4. The molecule has 4 aromatic rings. The van der Waals surface area contributed by atoms with E-state index in [1.807, 2.05) is 11.0 Å². The van der Waals surface area contributed by atoms with Crippen LogP contribution in [-0.2, 0) is 16.1 Å². The first kappa shape index (κ1) is 34.2. The van der Waals surface area contributed by atoms with Crippen molar-refractivity contribution in [1.82, 2.24) is 35.0 Å². The standard InChI is InChI=1S/C38H39ClFN7O5/c1-22(48)46-14-12-45(13-15-46)18-29-36(50-2)43-28(17-41-29)25-8-4-6-23(34(25)39)24-7-5-9-26(35(24)40)27-16-31-33(37(42-27)51-3)30(19-52-31)47-20-38(21-47)11-10-32(49)44-38/h4-9,16-17,30H,10-15,18-21H2,1-3H3,(H,44,49)/t30-/m0/s1. The Hall–Kier alpha value is -4.85. The van der Waals surface area contributed by atoms with Crippen LogP contribution >= 0.6 is 11.6 Å². The van der Waals surface area contributed by atoms with Gasteiger partial charge in [-0.15, -0.1) is 0 Å². The van der Waals surface area contributed by atoms with Crippen molar-refractivity contribution in [3.8, 4) is 51.2 Å². The molecule has 0 unspecified atom stereocenters. The van der Waals surface area contributed by atoms with Crippen LogP contribution in [0.5, 0.6) is 17.5 Å². The van der Waals surface area contributed by atoms with E-state index in [1.54, 1.807) is 63.7 Å². The lowest BCUT2D eigenvalue weighted by Gasteiger charge is -2.50. The van der Waals surface area contributed by atoms with E-state index in [1.165, 1.54) is 0 Å². The topological polar surface area (TPSA) is 122 Å². The maximum Gasteiger partial charge on any atom is 0.237 e. The number of hydrogen-bond acceptors (Lipinski definition) is 10. The lowest BCUT2D eigenvalue weighted by atomic mass is 9.86. The van der Waals surface area contributed by atoms with Crippen molar-refractivity contribution in [2.24, 2.45) is 0 Å². The zero-order chi connectivity index (χ0) is 36.1. The molecule has 52 heavy (non-hydrogen) atoms. The maximum absolute atomic E-state index is 16.6. The minimum Gasteiger partial charge on any atom is -0.491 e. The van der Waals surface area contributed by atoms with Crippen molar-refractivity contribution in [2.45, 2.75) is 37.9 Å². The second-order valence-electron chi connectivity index (χ2n) is 13.8. The number of piperazine rings is 1. The maximum atomic E-state index is 16.6. The number of nitrogens with one attached hydrogen (secondary N) is 1. The van der Waals surface area contributed by atoms with E-state index in [0.29, 0.717) is 89.0 Å². The van der Waals surface area contributed by atoms with E-state index in [2.05, 4.69) is 20.1 Å². The number of benzene rings is 2. The molecule has 0 radical (unpaired) electrons. The number of ether oxygens (including phenoxy) is 3. The molecule has 14 heteroatoms. The van der Waals surface area contributed by atoms with Crippen molar-refractivity contribution in [1.29, 1.82) is 0 Å². The summed E-state index contributed by atoms with van der Waals surface area (Å²) < 4.78 is 34.1. The Labute approximate surface area is 305 Å². The van der Waals surface area contributed by atoms with Gasteiger partial charge in [-0.1, -0.05) is 41.9 Å². The molecule has 3 saturated heterocycles. The van der Waals surface area contributed by atoms with Crippen molar-refractivity contribution in [2.75, 3.05) is 60.1 Å². The number of likely N-dealkylation sites (tertiary alicyclic amines) is 1. The summed E-state index contributed by atoms with van der Waals surface area (Å²) in [7, 11) is 3.10. The highest BCUT2D eigenvalue weighted by Crippen LogP contribution is 2.48. The third-order valence-electron chi connectivity index (χ3n) is 10.6. The van der Waals surface area contributed by atoms with Gasteiger partial charge < -0.3 is 24.4 Å². The lowest BCUT2D eigenvalue weighted by Crippen LogP contribution is -2.67. The van der Waals surface area contributed by atoms with Crippen LogP contribution in [0.1, 0.15) is 37.1 Å². The summed E-state index contributed by atoms with van der Waals surface area (Å²) in [4.78, 5) is 44.1.